The summed E-state index contributed by atoms with van der Waals surface area (Å²) in [5.41, 5.74) is 2.98. The summed E-state index contributed by atoms with van der Waals surface area (Å²) in [6.45, 7) is 2.84. The van der Waals surface area contributed by atoms with Crippen LogP contribution >= 0.6 is 12.2 Å². The Morgan fingerprint density at radius 2 is 2.00 bits per heavy atom. The fourth-order valence-corrected chi connectivity index (χ4v) is 3.25. The number of amides is 1. The maximum Gasteiger partial charge on any atom is 0.254 e. The van der Waals surface area contributed by atoms with E-state index < -0.39 is 0 Å². The van der Waals surface area contributed by atoms with E-state index in [1.165, 1.54) is 5.56 Å². The number of carbonyl (C=O) groups is 1. The Balaban J connectivity index is 1.92. The maximum atomic E-state index is 12.7. The van der Waals surface area contributed by atoms with Gasteiger partial charge in [0.25, 0.3) is 5.91 Å². The molecule has 3 rings (SSSR count). The molecule has 0 radical (unpaired) electrons. The third kappa shape index (κ3) is 2.76. The minimum Gasteiger partial charge on any atom is -0.350 e. The molecule has 1 aromatic carbocycles. The maximum absolute atomic E-state index is 12.7. The predicted octanol–water partition coefficient (Wildman–Crippen LogP) is 4.03. The molecule has 1 aliphatic rings. The first-order valence-electron chi connectivity index (χ1n) is 7.22. The lowest BCUT2D eigenvalue weighted by atomic mass is 10.0. The van der Waals surface area contributed by atoms with Crippen molar-refractivity contribution in [1.29, 1.82) is 0 Å². The zero-order valence-electron chi connectivity index (χ0n) is 12.0. The summed E-state index contributed by atoms with van der Waals surface area (Å²) in [5, 5.41) is 0. The van der Waals surface area contributed by atoms with Crippen LogP contribution in [0.4, 0.5) is 0 Å². The van der Waals surface area contributed by atoms with E-state index in [-0.39, 0.29) is 11.9 Å². The molecule has 1 fully saturated rings. The summed E-state index contributed by atoms with van der Waals surface area (Å²) < 4.78 is 0.732. The predicted molar refractivity (Wildman–Crippen MR) is 85.8 cm³/mol. The molecule has 1 aliphatic heterocycles. The molecule has 0 spiro atoms. The van der Waals surface area contributed by atoms with E-state index in [4.69, 9.17) is 12.2 Å². The highest BCUT2D eigenvalue weighted by Gasteiger charge is 2.31. The van der Waals surface area contributed by atoms with Gasteiger partial charge in [-0.25, -0.2) is 0 Å². The average molecular weight is 298 g/mol. The summed E-state index contributed by atoms with van der Waals surface area (Å²) >= 11 is 5.16. The Hall–Kier alpha value is -1.94. The van der Waals surface area contributed by atoms with Crippen LogP contribution in [0.1, 0.15) is 40.5 Å². The van der Waals surface area contributed by atoms with E-state index in [9.17, 15) is 4.79 Å². The molecule has 3 nitrogen and oxygen atoms in total. The van der Waals surface area contributed by atoms with Crippen molar-refractivity contribution in [2.24, 2.45) is 0 Å². The minimum absolute atomic E-state index is 0.111. The van der Waals surface area contributed by atoms with Crippen molar-refractivity contribution >= 4 is 18.1 Å². The molecule has 4 heteroatoms. The molecule has 1 amide bonds. The highest BCUT2D eigenvalue weighted by Crippen LogP contribution is 2.34. The average Bonchev–Trinajstić information content (AvgIpc) is 2.96. The van der Waals surface area contributed by atoms with E-state index in [0.29, 0.717) is 0 Å². The van der Waals surface area contributed by atoms with Crippen LogP contribution in [0.3, 0.4) is 0 Å². The lowest BCUT2D eigenvalue weighted by molar-refractivity contribution is 0.0735. The van der Waals surface area contributed by atoms with Gasteiger partial charge in [-0.05, 0) is 43.5 Å². The third-order valence-electron chi connectivity index (χ3n) is 4.05. The Bertz CT molecular complexity index is 708. The van der Waals surface area contributed by atoms with E-state index in [0.717, 1.165) is 35.3 Å². The molecule has 1 aromatic heterocycles. The summed E-state index contributed by atoms with van der Waals surface area (Å²) in [5.74, 6) is 0.111. The number of nitrogens with zero attached hydrogens (tertiary/aromatic N) is 1. The number of likely N-dealkylation sites (tertiary alicyclic amines) is 1. The van der Waals surface area contributed by atoms with Crippen LogP contribution in [-0.2, 0) is 0 Å². The summed E-state index contributed by atoms with van der Waals surface area (Å²) in [7, 11) is 0. The normalized spacial score (nSPS) is 18.0. The summed E-state index contributed by atoms with van der Waals surface area (Å²) in [6.07, 6.45) is 2.04. The van der Waals surface area contributed by atoms with Gasteiger partial charge < -0.3 is 9.88 Å². The molecule has 0 saturated carbocycles. The van der Waals surface area contributed by atoms with Crippen molar-refractivity contribution in [3.8, 4) is 0 Å². The molecule has 0 bridgehead atoms. The first-order valence-corrected chi connectivity index (χ1v) is 7.63. The zero-order valence-corrected chi connectivity index (χ0v) is 12.8. The van der Waals surface area contributed by atoms with E-state index >= 15 is 0 Å². The number of pyridine rings is 1. The first kappa shape index (κ1) is 14.0. The molecule has 108 valence electrons. The Kier molecular flexibility index (Phi) is 3.88. The van der Waals surface area contributed by atoms with E-state index in [2.05, 4.69) is 11.1 Å². The number of carbonyl (C=O) groups excluding carboxylic acids is 1. The molecule has 0 aliphatic carbocycles. The van der Waals surface area contributed by atoms with Gasteiger partial charge >= 0.3 is 0 Å². The lowest BCUT2D eigenvalue weighted by Crippen LogP contribution is -2.31. The molecule has 2 heterocycles. The van der Waals surface area contributed by atoms with Gasteiger partial charge in [-0.3, -0.25) is 4.79 Å². The Labute approximate surface area is 129 Å². The van der Waals surface area contributed by atoms with Crippen LogP contribution in [0, 0.1) is 11.6 Å². The third-order valence-corrected chi connectivity index (χ3v) is 4.29. The molecule has 21 heavy (non-hydrogen) atoms. The number of H-pyrrole nitrogens is 1. The number of aromatic nitrogens is 1. The van der Waals surface area contributed by atoms with Crippen molar-refractivity contribution < 1.29 is 4.79 Å². The highest BCUT2D eigenvalue weighted by molar-refractivity contribution is 7.71. The molecular formula is C17H18N2OS. The summed E-state index contributed by atoms with van der Waals surface area (Å²) in [6, 6.07) is 13.6. The second-order valence-electron chi connectivity index (χ2n) is 5.43. The smallest absolute Gasteiger partial charge is 0.254 e. The van der Waals surface area contributed by atoms with Gasteiger partial charge in [-0.15, -0.1) is 0 Å². The zero-order chi connectivity index (χ0) is 14.8. The van der Waals surface area contributed by atoms with Gasteiger partial charge in [0, 0.05) is 17.8 Å². The van der Waals surface area contributed by atoms with Crippen LogP contribution in [0.25, 0.3) is 0 Å². The summed E-state index contributed by atoms with van der Waals surface area (Å²) in [4.78, 5) is 17.9. The lowest BCUT2D eigenvalue weighted by Gasteiger charge is -2.26. The van der Waals surface area contributed by atoms with Crippen LogP contribution in [-0.4, -0.2) is 22.3 Å². The number of benzene rings is 1. The van der Waals surface area contributed by atoms with Gasteiger partial charge in [-0.2, -0.15) is 0 Å². The van der Waals surface area contributed by atoms with Crippen molar-refractivity contribution in [1.82, 2.24) is 9.88 Å². The van der Waals surface area contributed by atoms with Gasteiger partial charge in [-0.1, -0.05) is 36.5 Å². The molecule has 2 aromatic rings. The monoisotopic (exact) mass is 298 g/mol. The van der Waals surface area contributed by atoms with Gasteiger partial charge in [0.2, 0.25) is 0 Å². The largest absolute Gasteiger partial charge is 0.350 e. The van der Waals surface area contributed by atoms with Crippen molar-refractivity contribution in [2.45, 2.75) is 25.8 Å². The number of aryl methyl sites for hydroxylation is 1. The minimum atomic E-state index is 0.111. The molecule has 0 unspecified atom stereocenters. The molecule has 1 atom stereocenters. The van der Waals surface area contributed by atoms with Crippen LogP contribution in [0.5, 0.6) is 0 Å². The molecule has 1 N–H and O–H groups in total. The fourth-order valence-electron chi connectivity index (χ4n) is 3.03. The van der Waals surface area contributed by atoms with Gasteiger partial charge in [0.15, 0.2) is 0 Å². The Morgan fingerprint density at radius 1 is 1.24 bits per heavy atom. The second-order valence-corrected chi connectivity index (χ2v) is 5.87. The van der Waals surface area contributed by atoms with E-state index in [1.54, 1.807) is 0 Å². The molecular weight excluding hydrogens is 280 g/mol. The van der Waals surface area contributed by atoms with E-state index in [1.807, 2.05) is 48.2 Å². The van der Waals surface area contributed by atoms with Crippen LogP contribution < -0.4 is 0 Å². The Morgan fingerprint density at radius 3 is 2.71 bits per heavy atom. The topological polar surface area (TPSA) is 36.1 Å². The number of nitrogens with one attached hydrogen (secondary N) is 1. The number of hydrogen-bond donors (Lipinski definition) is 1. The standard InChI is InChI=1S/C17H18N2OS/c1-12-14(9-10-16(21)18-12)15-8-5-11-19(15)17(20)13-6-3-2-4-7-13/h2-4,6-7,9-10,15H,5,8,11H2,1H3,(H,18,21)/t15-/m1/s1. The van der Waals surface area contributed by atoms with Crippen LogP contribution in [0.2, 0.25) is 0 Å². The van der Waals surface area contributed by atoms with Crippen molar-refractivity contribution in [3.05, 3.63) is 63.9 Å². The van der Waals surface area contributed by atoms with Gasteiger partial charge in [0.05, 0.1) is 6.04 Å². The molecule has 1 saturated heterocycles. The highest BCUT2D eigenvalue weighted by atomic mass is 32.1. The number of hydrogen-bond acceptors (Lipinski definition) is 2. The fraction of sp³-hybridized carbons (Fsp3) is 0.294. The number of aromatic amines is 1. The number of rotatable bonds is 2. The van der Waals surface area contributed by atoms with Gasteiger partial charge in [0.1, 0.15) is 4.64 Å². The van der Waals surface area contributed by atoms with Crippen molar-refractivity contribution in [3.63, 3.8) is 0 Å². The van der Waals surface area contributed by atoms with Crippen LogP contribution in [0.15, 0.2) is 42.5 Å². The SMILES string of the molecule is Cc1[nH]c(=S)ccc1[C@H]1CCCN1C(=O)c1ccccc1. The second kappa shape index (κ2) is 5.82. The van der Waals surface area contributed by atoms with Crippen molar-refractivity contribution in [2.75, 3.05) is 6.54 Å². The quantitative estimate of drug-likeness (QED) is 0.850. The first-order chi connectivity index (χ1) is 10.2.